The molecule has 120 valence electrons. The van der Waals surface area contributed by atoms with Gasteiger partial charge in [-0.15, -0.1) is 0 Å². The lowest BCUT2D eigenvalue weighted by Gasteiger charge is -2.10. The summed E-state index contributed by atoms with van der Waals surface area (Å²) in [5.41, 5.74) is 4.82. The first kappa shape index (κ1) is 14.1. The van der Waals surface area contributed by atoms with Crippen molar-refractivity contribution in [3.8, 4) is 0 Å². The molecule has 0 saturated heterocycles. The molecule has 0 bridgehead atoms. The highest BCUT2D eigenvalue weighted by molar-refractivity contribution is 6.08. The summed E-state index contributed by atoms with van der Waals surface area (Å²) in [7, 11) is 0. The van der Waals surface area contributed by atoms with Gasteiger partial charge in [-0.1, -0.05) is 60.7 Å². The Morgan fingerprint density at radius 3 is 2.36 bits per heavy atom. The summed E-state index contributed by atoms with van der Waals surface area (Å²) in [6.07, 6.45) is 0. The number of rotatable bonds is 3. The zero-order chi connectivity index (χ0) is 16.6. The first-order valence-corrected chi connectivity index (χ1v) is 8.59. The molecular weight excluding hydrogens is 304 g/mol. The average molecular weight is 322 g/mol. The number of aromatic amines is 1. The van der Waals surface area contributed by atoms with Gasteiger partial charge in [-0.3, -0.25) is 0 Å². The number of aromatic nitrogens is 1. The highest BCUT2D eigenvalue weighted by atomic mass is 14.9. The van der Waals surface area contributed by atoms with Crippen molar-refractivity contribution >= 4 is 38.3 Å². The number of anilines is 1. The molecule has 0 saturated carbocycles. The van der Waals surface area contributed by atoms with Gasteiger partial charge in [0.2, 0.25) is 0 Å². The van der Waals surface area contributed by atoms with Crippen LogP contribution >= 0.6 is 0 Å². The quantitative estimate of drug-likeness (QED) is 0.413. The van der Waals surface area contributed by atoms with Crippen LogP contribution in [0.5, 0.6) is 0 Å². The van der Waals surface area contributed by atoms with E-state index in [0.29, 0.717) is 0 Å². The predicted octanol–water partition coefficient (Wildman–Crippen LogP) is 6.09. The van der Waals surface area contributed by atoms with E-state index < -0.39 is 0 Å². The maximum atomic E-state index is 3.59. The van der Waals surface area contributed by atoms with Crippen molar-refractivity contribution in [2.75, 3.05) is 5.32 Å². The van der Waals surface area contributed by atoms with Crippen LogP contribution < -0.4 is 5.32 Å². The molecular formula is C23H18N2. The molecule has 1 aromatic heterocycles. The Morgan fingerprint density at radius 1 is 0.640 bits per heavy atom. The lowest BCUT2D eigenvalue weighted by molar-refractivity contribution is 1.17. The van der Waals surface area contributed by atoms with E-state index in [2.05, 4.69) is 95.2 Å². The van der Waals surface area contributed by atoms with Crippen LogP contribution in [0.2, 0.25) is 0 Å². The molecule has 5 rings (SSSR count). The molecule has 0 radical (unpaired) electrons. The second kappa shape index (κ2) is 5.67. The minimum atomic E-state index is 0.815. The summed E-state index contributed by atoms with van der Waals surface area (Å²) in [5, 5.41) is 8.71. The summed E-state index contributed by atoms with van der Waals surface area (Å²) >= 11 is 0. The van der Waals surface area contributed by atoms with Crippen LogP contribution in [0.1, 0.15) is 5.56 Å². The van der Waals surface area contributed by atoms with Crippen molar-refractivity contribution in [2.45, 2.75) is 6.54 Å². The topological polar surface area (TPSA) is 27.8 Å². The zero-order valence-corrected chi connectivity index (χ0v) is 13.8. The third-order valence-electron chi connectivity index (χ3n) is 4.87. The van der Waals surface area contributed by atoms with E-state index in [4.69, 9.17) is 0 Å². The number of para-hydroxylation sites is 1. The molecule has 4 aromatic carbocycles. The van der Waals surface area contributed by atoms with E-state index in [9.17, 15) is 0 Å². The van der Waals surface area contributed by atoms with Gasteiger partial charge in [0.25, 0.3) is 0 Å². The number of fused-ring (bicyclic) bond motifs is 4. The summed E-state index contributed by atoms with van der Waals surface area (Å²) in [6, 6.07) is 30.0. The number of hydrogen-bond acceptors (Lipinski definition) is 1. The molecule has 0 fully saturated rings. The van der Waals surface area contributed by atoms with Crippen LogP contribution in [0, 0.1) is 0 Å². The van der Waals surface area contributed by atoms with Crippen LogP contribution in [-0.2, 0) is 6.54 Å². The van der Waals surface area contributed by atoms with E-state index in [-0.39, 0.29) is 0 Å². The Kier molecular flexibility index (Phi) is 3.20. The molecule has 25 heavy (non-hydrogen) atoms. The lowest BCUT2D eigenvalue weighted by atomic mass is 10.0. The zero-order valence-electron chi connectivity index (χ0n) is 13.8. The average Bonchev–Trinajstić information content (AvgIpc) is 3.04. The fourth-order valence-electron chi connectivity index (χ4n) is 3.60. The molecule has 0 spiro atoms. The van der Waals surface area contributed by atoms with Crippen molar-refractivity contribution in [1.29, 1.82) is 0 Å². The molecule has 2 nitrogen and oxygen atoms in total. The Morgan fingerprint density at radius 2 is 1.40 bits per heavy atom. The standard InChI is InChI=1S/C23H18N2/c1-2-9-19-16(6-1)7-5-8-17(19)15-24-18-12-13-23-21(14-18)20-10-3-4-11-22(20)25-23/h1-14,24-25H,15H2. The predicted molar refractivity (Wildman–Crippen MR) is 107 cm³/mol. The SMILES string of the molecule is c1ccc2c(CNc3ccc4[nH]c5ccccc5c4c3)cccc2c1. The van der Waals surface area contributed by atoms with E-state index >= 15 is 0 Å². The van der Waals surface area contributed by atoms with Gasteiger partial charge in [-0.25, -0.2) is 0 Å². The van der Waals surface area contributed by atoms with E-state index in [1.165, 1.54) is 38.1 Å². The lowest BCUT2D eigenvalue weighted by Crippen LogP contribution is -1.99. The van der Waals surface area contributed by atoms with Gasteiger partial charge in [0, 0.05) is 34.0 Å². The molecule has 2 heteroatoms. The van der Waals surface area contributed by atoms with Gasteiger partial charge in [0.15, 0.2) is 0 Å². The van der Waals surface area contributed by atoms with Gasteiger partial charge >= 0.3 is 0 Å². The number of benzene rings is 4. The van der Waals surface area contributed by atoms with Crippen molar-refractivity contribution in [2.24, 2.45) is 0 Å². The highest BCUT2D eigenvalue weighted by Gasteiger charge is 2.05. The third kappa shape index (κ3) is 2.43. The summed E-state index contributed by atoms with van der Waals surface area (Å²) in [4.78, 5) is 3.48. The largest absolute Gasteiger partial charge is 0.381 e. The fraction of sp³-hybridized carbons (Fsp3) is 0.0435. The van der Waals surface area contributed by atoms with E-state index in [0.717, 1.165) is 12.2 Å². The summed E-state index contributed by atoms with van der Waals surface area (Å²) in [5.74, 6) is 0. The van der Waals surface area contributed by atoms with Gasteiger partial charge in [-0.2, -0.15) is 0 Å². The first-order valence-electron chi connectivity index (χ1n) is 8.59. The van der Waals surface area contributed by atoms with Crippen LogP contribution in [0.3, 0.4) is 0 Å². The second-order valence-corrected chi connectivity index (χ2v) is 6.42. The highest BCUT2D eigenvalue weighted by Crippen LogP contribution is 2.28. The first-order chi connectivity index (χ1) is 12.4. The van der Waals surface area contributed by atoms with Crippen LogP contribution in [0.25, 0.3) is 32.6 Å². The van der Waals surface area contributed by atoms with Gasteiger partial charge in [0.1, 0.15) is 0 Å². The van der Waals surface area contributed by atoms with Crippen LogP contribution in [-0.4, -0.2) is 4.98 Å². The molecule has 0 aliphatic rings. The smallest absolute Gasteiger partial charge is 0.0466 e. The molecule has 0 aliphatic heterocycles. The monoisotopic (exact) mass is 322 g/mol. The molecule has 5 aromatic rings. The Labute approximate surface area is 146 Å². The van der Waals surface area contributed by atoms with Crippen molar-refractivity contribution < 1.29 is 0 Å². The molecule has 0 unspecified atom stereocenters. The Balaban J connectivity index is 1.50. The summed E-state index contributed by atoms with van der Waals surface area (Å²) in [6.45, 7) is 0.815. The molecule has 0 atom stereocenters. The van der Waals surface area contributed by atoms with Crippen LogP contribution in [0.4, 0.5) is 5.69 Å². The number of H-pyrrole nitrogens is 1. The maximum absolute atomic E-state index is 3.59. The van der Waals surface area contributed by atoms with Gasteiger partial charge < -0.3 is 10.3 Å². The molecule has 0 amide bonds. The Hall–Kier alpha value is -3.26. The van der Waals surface area contributed by atoms with Gasteiger partial charge in [0.05, 0.1) is 0 Å². The van der Waals surface area contributed by atoms with E-state index in [1.807, 2.05) is 0 Å². The number of nitrogens with one attached hydrogen (secondary N) is 2. The molecule has 0 aliphatic carbocycles. The minimum absolute atomic E-state index is 0.815. The normalized spacial score (nSPS) is 11.4. The fourth-order valence-corrected chi connectivity index (χ4v) is 3.60. The minimum Gasteiger partial charge on any atom is -0.381 e. The second-order valence-electron chi connectivity index (χ2n) is 6.42. The van der Waals surface area contributed by atoms with Crippen LogP contribution in [0.15, 0.2) is 84.9 Å². The van der Waals surface area contributed by atoms with Crippen molar-refractivity contribution in [1.82, 2.24) is 4.98 Å². The van der Waals surface area contributed by atoms with E-state index in [1.54, 1.807) is 0 Å². The Bertz CT molecular complexity index is 1200. The van der Waals surface area contributed by atoms with Gasteiger partial charge in [-0.05, 0) is 40.6 Å². The number of hydrogen-bond donors (Lipinski definition) is 2. The van der Waals surface area contributed by atoms with Crippen molar-refractivity contribution in [3.05, 3.63) is 90.5 Å². The summed E-state index contributed by atoms with van der Waals surface area (Å²) < 4.78 is 0. The third-order valence-corrected chi connectivity index (χ3v) is 4.87. The molecule has 1 heterocycles. The maximum Gasteiger partial charge on any atom is 0.0466 e. The molecule has 2 N–H and O–H groups in total. The van der Waals surface area contributed by atoms with Crippen molar-refractivity contribution in [3.63, 3.8) is 0 Å².